The number of rotatable bonds is 9. The lowest BCUT2D eigenvalue weighted by Gasteiger charge is -2.24. The molecule has 0 bridgehead atoms. The Bertz CT molecular complexity index is 1540. The zero-order valence-electron chi connectivity index (χ0n) is 23.3. The highest BCUT2D eigenvalue weighted by molar-refractivity contribution is 7.91. The number of nitrogens with one attached hydrogen (secondary N) is 1. The van der Waals surface area contributed by atoms with Gasteiger partial charge in [-0.15, -0.1) is 0 Å². The molecule has 1 unspecified atom stereocenters. The molecule has 0 aliphatic heterocycles. The number of amides is 1. The van der Waals surface area contributed by atoms with Crippen molar-refractivity contribution in [1.82, 2.24) is 25.1 Å². The van der Waals surface area contributed by atoms with Crippen LogP contribution in [-0.4, -0.2) is 44.9 Å². The van der Waals surface area contributed by atoms with Crippen LogP contribution in [0.25, 0.3) is 0 Å². The van der Waals surface area contributed by atoms with Crippen molar-refractivity contribution in [1.29, 1.82) is 0 Å². The van der Waals surface area contributed by atoms with Crippen LogP contribution in [0.3, 0.4) is 0 Å². The third kappa shape index (κ3) is 6.53. The molecule has 2 N–H and O–H groups in total. The molecule has 4 rings (SSSR count). The van der Waals surface area contributed by atoms with Gasteiger partial charge < -0.3 is 15.2 Å². The van der Waals surface area contributed by atoms with Gasteiger partial charge in [-0.25, -0.2) is 13.1 Å². The van der Waals surface area contributed by atoms with E-state index in [9.17, 15) is 31.5 Å². The van der Waals surface area contributed by atoms with Gasteiger partial charge in [0.2, 0.25) is 5.88 Å². The van der Waals surface area contributed by atoms with Crippen LogP contribution in [0.2, 0.25) is 0 Å². The number of alkyl halides is 3. The lowest BCUT2D eigenvalue weighted by Crippen LogP contribution is -2.27. The highest BCUT2D eigenvalue weighted by atomic mass is 32.2. The minimum atomic E-state index is -4.84. The molecule has 1 aliphatic rings. The fourth-order valence-electron chi connectivity index (χ4n) is 4.22. The molecule has 10 nitrogen and oxygen atoms in total. The summed E-state index contributed by atoms with van der Waals surface area (Å²) in [5, 5.41) is 17.5. The van der Waals surface area contributed by atoms with Gasteiger partial charge >= 0.3 is 6.18 Å². The average molecular weight is 596 g/mol. The van der Waals surface area contributed by atoms with Gasteiger partial charge in [0.25, 0.3) is 5.91 Å². The lowest BCUT2D eigenvalue weighted by molar-refractivity contribution is -0.140. The van der Waals surface area contributed by atoms with Crippen LogP contribution in [-0.2, 0) is 28.1 Å². The van der Waals surface area contributed by atoms with Crippen molar-refractivity contribution in [3.05, 3.63) is 58.8 Å². The van der Waals surface area contributed by atoms with E-state index in [0.717, 1.165) is 12.4 Å². The highest BCUT2D eigenvalue weighted by Crippen LogP contribution is 2.48. The SMILES string of the molecule is CCS(=O)(=O)c1ccc(CNC(=O)c2nn(C(C)(C)C)c(Oc3cncc(C(O)C4CC4)c3C(F)(F)F)c2C)nc1. The Balaban J connectivity index is 1.65. The maximum atomic E-state index is 14.3. The summed E-state index contributed by atoms with van der Waals surface area (Å²) in [7, 11) is -3.42. The molecule has 0 spiro atoms. The zero-order valence-corrected chi connectivity index (χ0v) is 24.1. The Morgan fingerprint density at radius 2 is 1.88 bits per heavy atom. The second-order valence-corrected chi connectivity index (χ2v) is 13.2. The first kappa shape index (κ1) is 30.4. The molecule has 1 amide bonds. The minimum Gasteiger partial charge on any atom is -0.437 e. The zero-order chi connectivity index (χ0) is 30.3. The molecular formula is C27H32F3N5O5S. The second-order valence-electron chi connectivity index (χ2n) is 10.9. The largest absolute Gasteiger partial charge is 0.437 e. The van der Waals surface area contributed by atoms with Gasteiger partial charge in [-0.05, 0) is 58.6 Å². The van der Waals surface area contributed by atoms with Gasteiger partial charge in [-0.1, -0.05) is 6.92 Å². The number of carbonyl (C=O) groups excluding carboxylic acids is 1. The summed E-state index contributed by atoms with van der Waals surface area (Å²) in [5.74, 6) is -1.67. The third-order valence-corrected chi connectivity index (χ3v) is 8.42. The van der Waals surface area contributed by atoms with E-state index in [1.54, 1.807) is 20.8 Å². The number of aromatic nitrogens is 4. The Kier molecular flexibility index (Phi) is 8.20. The summed E-state index contributed by atoms with van der Waals surface area (Å²) in [4.78, 5) is 21.2. The Labute approximate surface area is 235 Å². The smallest absolute Gasteiger partial charge is 0.420 e. The molecule has 14 heteroatoms. The molecule has 1 saturated carbocycles. The monoisotopic (exact) mass is 595 g/mol. The van der Waals surface area contributed by atoms with Gasteiger partial charge in [0.15, 0.2) is 21.3 Å². The number of sulfone groups is 1. The van der Waals surface area contributed by atoms with E-state index in [1.807, 2.05) is 0 Å². The molecule has 1 fully saturated rings. The average Bonchev–Trinajstić information content (AvgIpc) is 3.70. The molecule has 222 valence electrons. The maximum Gasteiger partial charge on any atom is 0.420 e. The van der Waals surface area contributed by atoms with E-state index in [1.165, 1.54) is 36.9 Å². The van der Waals surface area contributed by atoms with E-state index in [0.29, 0.717) is 18.5 Å². The minimum absolute atomic E-state index is 0.0491. The summed E-state index contributed by atoms with van der Waals surface area (Å²) in [6.45, 7) is 8.23. The van der Waals surface area contributed by atoms with Crippen molar-refractivity contribution in [2.45, 2.75) is 76.7 Å². The van der Waals surface area contributed by atoms with Gasteiger partial charge in [0, 0.05) is 23.5 Å². The number of nitrogens with zero attached hydrogens (tertiary/aromatic N) is 4. The van der Waals surface area contributed by atoms with Gasteiger partial charge in [-0.3, -0.25) is 14.8 Å². The van der Waals surface area contributed by atoms with Crippen LogP contribution >= 0.6 is 0 Å². The number of hydrogen-bond donors (Lipinski definition) is 2. The molecule has 0 saturated heterocycles. The highest BCUT2D eigenvalue weighted by Gasteiger charge is 2.43. The van der Waals surface area contributed by atoms with Crippen LogP contribution in [0.1, 0.15) is 79.5 Å². The molecule has 1 atom stereocenters. The molecule has 3 heterocycles. The number of aliphatic hydroxyl groups is 1. The molecular weight excluding hydrogens is 563 g/mol. The summed E-state index contributed by atoms with van der Waals surface area (Å²) in [5.41, 5.74) is -1.77. The van der Waals surface area contributed by atoms with E-state index in [4.69, 9.17) is 4.74 Å². The Morgan fingerprint density at radius 3 is 2.41 bits per heavy atom. The van der Waals surface area contributed by atoms with Crippen molar-refractivity contribution in [3.63, 3.8) is 0 Å². The van der Waals surface area contributed by atoms with Crippen molar-refractivity contribution in [2.75, 3.05) is 5.75 Å². The van der Waals surface area contributed by atoms with E-state index < -0.39 is 44.9 Å². The molecule has 0 aromatic carbocycles. The number of aliphatic hydroxyl groups excluding tert-OH is 1. The predicted octanol–water partition coefficient (Wildman–Crippen LogP) is 4.71. The van der Waals surface area contributed by atoms with Gasteiger partial charge in [0.1, 0.15) is 5.56 Å². The quantitative estimate of drug-likeness (QED) is 0.363. The Hall–Kier alpha value is -3.52. The van der Waals surface area contributed by atoms with E-state index >= 15 is 0 Å². The van der Waals surface area contributed by atoms with Crippen LogP contribution in [0, 0.1) is 12.8 Å². The summed E-state index contributed by atoms with van der Waals surface area (Å²) >= 11 is 0. The molecule has 0 radical (unpaired) electrons. The first-order valence-electron chi connectivity index (χ1n) is 13.0. The fraction of sp³-hybridized carbons (Fsp3) is 0.481. The summed E-state index contributed by atoms with van der Waals surface area (Å²) < 4.78 is 73.9. The first-order valence-corrected chi connectivity index (χ1v) is 14.7. The first-order chi connectivity index (χ1) is 19.0. The summed E-state index contributed by atoms with van der Waals surface area (Å²) in [6.07, 6.45) is -1.79. The van der Waals surface area contributed by atoms with Gasteiger partial charge in [0.05, 0.1) is 40.7 Å². The normalized spacial score (nSPS) is 15.0. The fourth-order valence-corrected chi connectivity index (χ4v) is 5.05. The van der Waals surface area contributed by atoms with Crippen molar-refractivity contribution in [2.24, 2.45) is 5.92 Å². The number of pyridine rings is 2. The van der Waals surface area contributed by atoms with Crippen LogP contribution < -0.4 is 10.1 Å². The van der Waals surface area contributed by atoms with Crippen molar-refractivity contribution >= 4 is 15.7 Å². The van der Waals surface area contributed by atoms with Crippen molar-refractivity contribution < 1.29 is 36.2 Å². The maximum absolute atomic E-state index is 14.3. The standard InChI is InChI=1S/C27H32F3N5O5S/c1-6-41(38,39)18-10-9-17(32-12-18)11-33-24(37)22-15(2)25(35(34-22)26(3,4)5)40-20-14-31-13-19(21(20)27(28,29)30)23(36)16-7-8-16/h9-10,12-14,16,23,36H,6-8,11H2,1-5H3,(H,33,37). The molecule has 41 heavy (non-hydrogen) atoms. The predicted molar refractivity (Wildman–Crippen MR) is 142 cm³/mol. The molecule has 1 aliphatic carbocycles. The number of ether oxygens (including phenoxy) is 1. The lowest BCUT2D eigenvalue weighted by atomic mass is 10.0. The molecule has 3 aromatic heterocycles. The number of hydrogen-bond acceptors (Lipinski definition) is 8. The van der Waals surface area contributed by atoms with Crippen molar-refractivity contribution in [3.8, 4) is 11.6 Å². The van der Waals surface area contributed by atoms with Crippen LogP contribution in [0.5, 0.6) is 11.6 Å². The number of halogens is 3. The van der Waals surface area contributed by atoms with E-state index in [2.05, 4.69) is 20.4 Å². The topological polar surface area (TPSA) is 136 Å². The van der Waals surface area contributed by atoms with Gasteiger partial charge in [-0.2, -0.15) is 18.3 Å². The summed E-state index contributed by atoms with van der Waals surface area (Å²) in [6, 6.07) is 2.88. The van der Waals surface area contributed by atoms with E-state index in [-0.39, 0.29) is 45.8 Å². The number of carbonyl (C=O) groups is 1. The van der Waals surface area contributed by atoms with Crippen LogP contribution in [0.4, 0.5) is 13.2 Å². The van der Waals surface area contributed by atoms with Crippen LogP contribution in [0.15, 0.2) is 35.6 Å². The Morgan fingerprint density at radius 1 is 1.20 bits per heavy atom. The second kappa shape index (κ2) is 11.0. The third-order valence-electron chi connectivity index (χ3n) is 6.70. The molecule has 3 aromatic rings.